The molecule has 0 unspecified atom stereocenters. The highest BCUT2D eigenvalue weighted by Crippen LogP contribution is 2.27. The van der Waals surface area contributed by atoms with Gasteiger partial charge in [0.25, 0.3) is 0 Å². The van der Waals surface area contributed by atoms with Gasteiger partial charge in [0.2, 0.25) is 0 Å². The van der Waals surface area contributed by atoms with E-state index in [9.17, 15) is 9.18 Å². The molecule has 1 heterocycles. The van der Waals surface area contributed by atoms with Gasteiger partial charge in [0.15, 0.2) is 0 Å². The molecule has 1 aromatic heterocycles. The molecule has 1 amide bonds. The summed E-state index contributed by atoms with van der Waals surface area (Å²) in [5, 5.41) is 0. The molecule has 144 valence electrons. The maximum Gasteiger partial charge on any atom is 0.410 e. The predicted molar refractivity (Wildman–Crippen MR) is 102 cm³/mol. The largest absolute Gasteiger partial charge is 0.444 e. The molecule has 0 radical (unpaired) electrons. The monoisotopic (exact) mass is 429 g/mol. The number of rotatable bonds is 5. The van der Waals surface area contributed by atoms with Crippen LogP contribution in [0.1, 0.15) is 26.6 Å². The molecule has 0 aliphatic rings. The van der Waals surface area contributed by atoms with Gasteiger partial charge in [-0.3, -0.25) is 0 Å². The van der Waals surface area contributed by atoms with Crippen molar-refractivity contribution in [1.82, 2.24) is 14.5 Å². The number of methoxy groups -OCH3 is 1. The maximum absolute atomic E-state index is 13.6. The Balaban J connectivity index is 2.19. The lowest BCUT2D eigenvalue weighted by atomic mass is 10.2. The van der Waals surface area contributed by atoms with Crippen molar-refractivity contribution >= 4 is 33.1 Å². The predicted octanol–water partition coefficient (Wildman–Crippen LogP) is 4.13. The van der Waals surface area contributed by atoms with Crippen molar-refractivity contribution < 1.29 is 18.7 Å². The number of carbonyl (C=O) groups excluding carboxylic acids is 1. The molecule has 0 saturated heterocycles. The molecule has 1 aromatic carbocycles. The van der Waals surface area contributed by atoms with Gasteiger partial charge in [-0.05, 0) is 49.7 Å². The normalized spacial score (nSPS) is 13.1. The molecular formula is C18H25BrFN3O3. The minimum Gasteiger partial charge on any atom is -0.444 e. The highest BCUT2D eigenvalue weighted by molar-refractivity contribution is 9.10. The molecule has 0 aliphatic carbocycles. The Morgan fingerprint density at radius 2 is 2.08 bits per heavy atom. The first-order chi connectivity index (χ1) is 12.0. The van der Waals surface area contributed by atoms with Crippen LogP contribution in [-0.4, -0.2) is 53.0 Å². The molecule has 2 aromatic rings. The van der Waals surface area contributed by atoms with Crippen molar-refractivity contribution in [1.29, 1.82) is 0 Å². The second-order valence-electron chi connectivity index (χ2n) is 7.24. The third kappa shape index (κ3) is 4.94. The standard InChI is InChI=1S/C18H25BrFN3O3/c1-11-21-15-8-12(20)7-14(19)16(15)23(11)10-13(25-6)9-22(5)17(24)26-18(2,3)4/h7-8,13H,9-10H2,1-6H3/t13-/m0/s1. The van der Waals surface area contributed by atoms with Crippen molar-refractivity contribution in [2.24, 2.45) is 0 Å². The van der Waals surface area contributed by atoms with Crippen molar-refractivity contribution in [2.75, 3.05) is 20.7 Å². The van der Waals surface area contributed by atoms with Crippen LogP contribution in [0.4, 0.5) is 9.18 Å². The van der Waals surface area contributed by atoms with Crippen molar-refractivity contribution in [3.63, 3.8) is 0 Å². The van der Waals surface area contributed by atoms with E-state index >= 15 is 0 Å². The Morgan fingerprint density at radius 3 is 2.65 bits per heavy atom. The minimum absolute atomic E-state index is 0.277. The zero-order valence-electron chi connectivity index (χ0n) is 16.0. The first-order valence-corrected chi connectivity index (χ1v) is 9.10. The van der Waals surface area contributed by atoms with E-state index in [2.05, 4.69) is 20.9 Å². The molecule has 0 N–H and O–H groups in total. The van der Waals surface area contributed by atoms with Gasteiger partial charge in [0.1, 0.15) is 17.2 Å². The van der Waals surface area contributed by atoms with Crippen LogP contribution in [0.2, 0.25) is 0 Å². The van der Waals surface area contributed by atoms with E-state index in [0.29, 0.717) is 23.1 Å². The van der Waals surface area contributed by atoms with Crippen molar-refractivity contribution in [3.8, 4) is 0 Å². The summed E-state index contributed by atoms with van der Waals surface area (Å²) in [7, 11) is 3.26. The van der Waals surface area contributed by atoms with Crippen LogP contribution in [0.5, 0.6) is 0 Å². The highest BCUT2D eigenvalue weighted by Gasteiger charge is 2.23. The average Bonchev–Trinajstić information content (AvgIpc) is 2.80. The lowest BCUT2D eigenvalue weighted by molar-refractivity contribution is 0.0116. The van der Waals surface area contributed by atoms with Crippen LogP contribution in [-0.2, 0) is 16.0 Å². The zero-order chi connectivity index (χ0) is 19.6. The number of hydrogen-bond donors (Lipinski definition) is 0. The van der Waals surface area contributed by atoms with Crippen molar-refractivity contribution in [3.05, 3.63) is 28.2 Å². The van der Waals surface area contributed by atoms with Crippen LogP contribution in [0, 0.1) is 12.7 Å². The van der Waals surface area contributed by atoms with E-state index < -0.39 is 11.7 Å². The SMILES string of the molecule is CO[C@@H](CN(C)C(=O)OC(C)(C)C)Cn1c(C)nc2cc(F)cc(Br)c21. The van der Waals surface area contributed by atoms with E-state index in [1.54, 1.807) is 14.2 Å². The Hall–Kier alpha value is -1.67. The molecule has 0 bridgehead atoms. The molecule has 8 heteroatoms. The average molecular weight is 430 g/mol. The third-order valence-corrected chi connectivity index (χ3v) is 4.46. The first kappa shape index (κ1) is 20.6. The van der Waals surface area contributed by atoms with Crippen LogP contribution in [0.15, 0.2) is 16.6 Å². The lowest BCUT2D eigenvalue weighted by Crippen LogP contribution is -2.40. The summed E-state index contributed by atoms with van der Waals surface area (Å²) < 4.78 is 27.1. The number of imidazole rings is 1. The summed E-state index contributed by atoms with van der Waals surface area (Å²) >= 11 is 3.40. The highest BCUT2D eigenvalue weighted by atomic mass is 79.9. The van der Waals surface area contributed by atoms with E-state index in [1.807, 2.05) is 32.3 Å². The number of carbonyl (C=O) groups is 1. The fourth-order valence-corrected chi connectivity index (χ4v) is 3.29. The number of aromatic nitrogens is 2. The summed E-state index contributed by atoms with van der Waals surface area (Å²) in [6.45, 7) is 8.15. The summed E-state index contributed by atoms with van der Waals surface area (Å²) in [6.07, 6.45) is -0.685. The van der Waals surface area contributed by atoms with Gasteiger partial charge in [-0.25, -0.2) is 14.2 Å². The number of amides is 1. The van der Waals surface area contributed by atoms with Crippen LogP contribution >= 0.6 is 15.9 Å². The maximum atomic E-state index is 13.6. The Bertz CT molecular complexity index is 801. The van der Waals surface area contributed by atoms with Gasteiger partial charge < -0.3 is 18.9 Å². The second-order valence-corrected chi connectivity index (χ2v) is 8.10. The topological polar surface area (TPSA) is 56.6 Å². The number of ether oxygens (including phenoxy) is 2. The summed E-state index contributed by atoms with van der Waals surface area (Å²) in [4.78, 5) is 18.1. The van der Waals surface area contributed by atoms with Crippen molar-refractivity contribution in [2.45, 2.75) is 45.9 Å². The molecule has 6 nitrogen and oxygen atoms in total. The third-order valence-electron chi connectivity index (χ3n) is 3.85. The van der Waals surface area contributed by atoms with E-state index in [1.165, 1.54) is 17.0 Å². The Labute approximate surface area is 161 Å². The van der Waals surface area contributed by atoms with E-state index in [-0.39, 0.29) is 11.9 Å². The first-order valence-electron chi connectivity index (χ1n) is 8.30. The number of hydrogen-bond acceptors (Lipinski definition) is 4. The number of aryl methyl sites for hydroxylation is 1. The zero-order valence-corrected chi connectivity index (χ0v) is 17.6. The molecule has 1 atom stereocenters. The van der Waals surface area contributed by atoms with E-state index in [4.69, 9.17) is 9.47 Å². The summed E-state index contributed by atoms with van der Waals surface area (Å²) in [6, 6.07) is 2.81. The van der Waals surface area contributed by atoms with E-state index in [0.717, 1.165) is 11.3 Å². The number of benzene rings is 1. The van der Waals surface area contributed by atoms with Gasteiger partial charge in [-0.15, -0.1) is 0 Å². The Kier molecular flexibility index (Phi) is 6.29. The fourth-order valence-electron chi connectivity index (χ4n) is 2.65. The fraction of sp³-hybridized carbons (Fsp3) is 0.556. The number of nitrogens with zero attached hydrogens (tertiary/aromatic N) is 3. The lowest BCUT2D eigenvalue weighted by Gasteiger charge is -2.27. The minimum atomic E-state index is -0.556. The number of halogens is 2. The molecule has 2 rings (SSSR count). The molecule has 0 spiro atoms. The van der Waals surface area contributed by atoms with Crippen LogP contribution in [0.25, 0.3) is 11.0 Å². The molecular weight excluding hydrogens is 405 g/mol. The van der Waals surface area contributed by atoms with Crippen LogP contribution < -0.4 is 0 Å². The summed E-state index contributed by atoms with van der Waals surface area (Å²) in [5.41, 5.74) is 0.815. The summed E-state index contributed by atoms with van der Waals surface area (Å²) in [5.74, 6) is 0.398. The molecule has 26 heavy (non-hydrogen) atoms. The van der Waals surface area contributed by atoms with Gasteiger partial charge in [0.05, 0.1) is 30.2 Å². The van der Waals surface area contributed by atoms with Gasteiger partial charge >= 0.3 is 6.09 Å². The smallest absolute Gasteiger partial charge is 0.410 e. The molecule has 0 fully saturated rings. The van der Waals surface area contributed by atoms with Gasteiger partial charge in [-0.2, -0.15) is 0 Å². The molecule has 0 saturated carbocycles. The number of likely N-dealkylation sites (N-methyl/N-ethyl adjacent to an activating group) is 1. The second kappa shape index (κ2) is 7.92. The number of fused-ring (bicyclic) bond motifs is 1. The Morgan fingerprint density at radius 1 is 1.42 bits per heavy atom. The van der Waals surface area contributed by atoms with Gasteiger partial charge in [-0.1, -0.05) is 0 Å². The van der Waals surface area contributed by atoms with Gasteiger partial charge in [0, 0.05) is 24.7 Å². The quantitative estimate of drug-likeness (QED) is 0.716. The van der Waals surface area contributed by atoms with Crippen LogP contribution in [0.3, 0.4) is 0 Å². The molecule has 0 aliphatic heterocycles.